The smallest absolute Gasteiger partial charge is 0.293 e. The molecule has 37 heavy (non-hydrogen) atoms. The highest BCUT2D eigenvalue weighted by Gasteiger charge is 2.35. The second kappa shape index (κ2) is 11.7. The van der Waals surface area contributed by atoms with Gasteiger partial charge in [-0.2, -0.15) is 0 Å². The Hall–Kier alpha value is -3.53. The van der Waals surface area contributed by atoms with Crippen LogP contribution in [-0.4, -0.2) is 27.6 Å². The van der Waals surface area contributed by atoms with Gasteiger partial charge in [-0.3, -0.25) is 24.6 Å². The number of ether oxygens (including phenoxy) is 2. The van der Waals surface area contributed by atoms with E-state index in [-0.39, 0.29) is 23.7 Å². The molecular weight excluding hydrogens is 539 g/mol. The number of hydrogen-bond donors (Lipinski definition) is 0. The maximum Gasteiger partial charge on any atom is 0.293 e. The third kappa shape index (κ3) is 6.25. The van der Waals surface area contributed by atoms with Gasteiger partial charge < -0.3 is 9.47 Å². The van der Waals surface area contributed by atoms with E-state index in [0.29, 0.717) is 44.8 Å². The lowest BCUT2D eigenvalue weighted by Gasteiger charge is -2.15. The van der Waals surface area contributed by atoms with Crippen LogP contribution in [0.15, 0.2) is 65.6 Å². The van der Waals surface area contributed by atoms with Gasteiger partial charge in [0.1, 0.15) is 6.61 Å². The monoisotopic (exact) mass is 558 g/mol. The normalized spacial score (nSPS) is 14.4. The fourth-order valence-electron chi connectivity index (χ4n) is 3.55. The number of benzene rings is 3. The van der Waals surface area contributed by atoms with E-state index in [1.165, 1.54) is 12.1 Å². The first kappa shape index (κ1) is 26.5. The number of non-ortho nitro benzene ring substituents is 1. The molecule has 0 bridgehead atoms. The van der Waals surface area contributed by atoms with Crippen molar-refractivity contribution in [3.05, 3.63) is 102 Å². The molecule has 0 aromatic heterocycles. The Bertz CT molecular complexity index is 1390. The highest BCUT2D eigenvalue weighted by atomic mass is 35.5. The van der Waals surface area contributed by atoms with Crippen LogP contribution in [0, 0.1) is 10.1 Å². The Kier molecular flexibility index (Phi) is 8.38. The molecular formula is C26H20Cl2N2O6S. The van der Waals surface area contributed by atoms with Crippen molar-refractivity contribution in [1.29, 1.82) is 0 Å². The first-order valence-corrected chi connectivity index (χ1v) is 12.6. The minimum atomic E-state index is -0.464. The van der Waals surface area contributed by atoms with Gasteiger partial charge in [-0.05, 0) is 60.2 Å². The molecule has 4 rings (SSSR count). The van der Waals surface area contributed by atoms with E-state index in [4.69, 9.17) is 32.7 Å². The average molecular weight is 559 g/mol. The molecule has 1 heterocycles. The topological polar surface area (TPSA) is 99.0 Å². The highest BCUT2D eigenvalue weighted by Crippen LogP contribution is 2.37. The molecule has 0 spiro atoms. The zero-order valence-electron chi connectivity index (χ0n) is 19.5. The quantitative estimate of drug-likeness (QED) is 0.156. The van der Waals surface area contributed by atoms with Gasteiger partial charge in [-0.25, -0.2) is 0 Å². The number of imide groups is 1. The highest BCUT2D eigenvalue weighted by molar-refractivity contribution is 8.18. The summed E-state index contributed by atoms with van der Waals surface area (Å²) < 4.78 is 11.6. The molecule has 3 aromatic rings. The summed E-state index contributed by atoms with van der Waals surface area (Å²) in [5.74, 6) is 0.422. The van der Waals surface area contributed by atoms with E-state index in [9.17, 15) is 19.7 Å². The Morgan fingerprint density at radius 2 is 1.73 bits per heavy atom. The number of nitrogens with zero attached hydrogens (tertiary/aromatic N) is 2. The van der Waals surface area contributed by atoms with Crippen molar-refractivity contribution in [3.8, 4) is 11.5 Å². The summed E-state index contributed by atoms with van der Waals surface area (Å²) >= 11 is 13.2. The summed E-state index contributed by atoms with van der Waals surface area (Å²) in [6.45, 7) is 2.26. The third-order valence-electron chi connectivity index (χ3n) is 5.33. The van der Waals surface area contributed by atoms with Crippen LogP contribution in [0.2, 0.25) is 10.0 Å². The predicted octanol–water partition coefficient (Wildman–Crippen LogP) is 7.12. The van der Waals surface area contributed by atoms with Crippen LogP contribution < -0.4 is 9.47 Å². The second-order valence-corrected chi connectivity index (χ2v) is 9.63. The van der Waals surface area contributed by atoms with Gasteiger partial charge >= 0.3 is 0 Å². The molecule has 1 aliphatic heterocycles. The lowest BCUT2D eigenvalue weighted by molar-refractivity contribution is -0.384. The Morgan fingerprint density at radius 3 is 2.43 bits per heavy atom. The van der Waals surface area contributed by atoms with Gasteiger partial charge in [-0.1, -0.05) is 47.5 Å². The Morgan fingerprint density at radius 1 is 1.00 bits per heavy atom. The van der Waals surface area contributed by atoms with E-state index >= 15 is 0 Å². The van der Waals surface area contributed by atoms with Crippen LogP contribution in [0.1, 0.15) is 23.6 Å². The molecule has 8 nitrogen and oxygen atoms in total. The summed E-state index contributed by atoms with van der Waals surface area (Å²) in [5, 5.41) is 11.3. The SMILES string of the molecule is CCOc1cc(/C=C2\SC(=O)N(Cc3c(Cl)cccc3Cl)C2=O)ccc1OCc1cccc([N+](=O)[O-])c1. The fourth-order valence-corrected chi connectivity index (χ4v) is 4.91. The van der Waals surface area contributed by atoms with Crippen LogP contribution >= 0.6 is 35.0 Å². The average Bonchev–Trinajstić information content (AvgIpc) is 3.13. The number of nitro benzene ring substituents is 1. The molecule has 0 saturated carbocycles. The summed E-state index contributed by atoms with van der Waals surface area (Å²) in [7, 11) is 0. The number of amides is 2. The third-order valence-corrected chi connectivity index (χ3v) is 6.95. The molecule has 0 aliphatic carbocycles. The van der Waals surface area contributed by atoms with Crippen LogP contribution in [0.25, 0.3) is 6.08 Å². The van der Waals surface area contributed by atoms with Crippen molar-refractivity contribution < 1.29 is 24.0 Å². The van der Waals surface area contributed by atoms with Gasteiger partial charge in [0, 0.05) is 27.7 Å². The lowest BCUT2D eigenvalue weighted by atomic mass is 10.1. The molecule has 190 valence electrons. The molecule has 0 unspecified atom stereocenters. The number of thioether (sulfide) groups is 1. The standard InChI is InChI=1S/C26H20Cl2N2O6S/c1-2-35-23-12-16(9-10-22(23)36-15-17-5-3-6-18(11-17)30(33)34)13-24-25(31)29(26(32)37-24)14-19-20(27)7-4-8-21(19)28/h3-13H,2,14-15H2,1H3/b24-13-. The fraction of sp³-hybridized carbons (Fsp3) is 0.154. The Balaban J connectivity index is 1.52. The molecule has 0 atom stereocenters. The van der Waals surface area contributed by atoms with Crippen LogP contribution in [0.4, 0.5) is 10.5 Å². The van der Waals surface area contributed by atoms with E-state index in [2.05, 4.69) is 0 Å². The summed E-state index contributed by atoms with van der Waals surface area (Å²) in [6, 6.07) is 16.3. The maximum atomic E-state index is 13.0. The molecule has 0 radical (unpaired) electrons. The first-order valence-electron chi connectivity index (χ1n) is 11.1. The lowest BCUT2D eigenvalue weighted by Crippen LogP contribution is -2.27. The van der Waals surface area contributed by atoms with E-state index in [1.54, 1.807) is 54.6 Å². The van der Waals surface area contributed by atoms with Crippen molar-refractivity contribution >= 4 is 57.9 Å². The summed E-state index contributed by atoms with van der Waals surface area (Å²) in [4.78, 5) is 37.5. The minimum absolute atomic E-state index is 0.0211. The van der Waals surface area contributed by atoms with Crippen LogP contribution in [0.3, 0.4) is 0 Å². The molecule has 1 aliphatic rings. The number of halogens is 2. The van der Waals surface area contributed by atoms with Crippen molar-refractivity contribution in [2.75, 3.05) is 6.61 Å². The molecule has 0 N–H and O–H groups in total. The van der Waals surface area contributed by atoms with Gasteiger partial charge in [0.15, 0.2) is 11.5 Å². The van der Waals surface area contributed by atoms with E-state index < -0.39 is 16.1 Å². The number of carbonyl (C=O) groups excluding carboxylic acids is 2. The van der Waals surface area contributed by atoms with Crippen LogP contribution in [-0.2, 0) is 17.9 Å². The van der Waals surface area contributed by atoms with Crippen molar-refractivity contribution in [1.82, 2.24) is 4.90 Å². The first-order chi connectivity index (χ1) is 17.8. The van der Waals surface area contributed by atoms with E-state index in [0.717, 1.165) is 16.7 Å². The van der Waals surface area contributed by atoms with Gasteiger partial charge in [0.2, 0.25) is 0 Å². The van der Waals surface area contributed by atoms with Crippen molar-refractivity contribution in [2.24, 2.45) is 0 Å². The second-order valence-electron chi connectivity index (χ2n) is 7.82. The maximum absolute atomic E-state index is 13.0. The molecule has 2 amide bonds. The van der Waals surface area contributed by atoms with Gasteiger partial charge in [0.25, 0.3) is 16.8 Å². The number of nitro groups is 1. The number of rotatable bonds is 9. The van der Waals surface area contributed by atoms with Gasteiger partial charge in [-0.15, -0.1) is 0 Å². The Labute approximate surface area is 226 Å². The molecule has 3 aromatic carbocycles. The van der Waals surface area contributed by atoms with Crippen molar-refractivity contribution in [3.63, 3.8) is 0 Å². The summed E-state index contributed by atoms with van der Waals surface area (Å²) in [6.07, 6.45) is 1.60. The number of carbonyl (C=O) groups is 2. The van der Waals surface area contributed by atoms with E-state index in [1.807, 2.05) is 6.92 Å². The molecule has 1 fully saturated rings. The molecule has 1 saturated heterocycles. The zero-order chi connectivity index (χ0) is 26.5. The zero-order valence-corrected chi connectivity index (χ0v) is 21.8. The predicted molar refractivity (Wildman–Crippen MR) is 143 cm³/mol. The summed E-state index contributed by atoms with van der Waals surface area (Å²) in [5.41, 5.74) is 1.74. The van der Waals surface area contributed by atoms with Crippen LogP contribution in [0.5, 0.6) is 11.5 Å². The molecule has 11 heteroatoms. The minimum Gasteiger partial charge on any atom is -0.490 e. The number of hydrogen-bond acceptors (Lipinski definition) is 7. The van der Waals surface area contributed by atoms with Crippen molar-refractivity contribution in [2.45, 2.75) is 20.1 Å². The largest absolute Gasteiger partial charge is 0.490 e. The van der Waals surface area contributed by atoms with Gasteiger partial charge in [0.05, 0.1) is 23.0 Å².